The molecule has 0 fully saturated rings. The summed E-state index contributed by atoms with van der Waals surface area (Å²) in [4.78, 5) is 8.70. The lowest BCUT2D eigenvalue weighted by Crippen LogP contribution is -1.94. The SMILES string of the molecule is c1ccc(-c2cc(-c3ccc(-c4cccnc4)cc3)c3ccc4c(-c5ccccc5)cc(-c5ccc(-c6cccnc6)cc5)c5ccc2c3c45)cc1. The quantitative estimate of drug-likeness (QED) is 0.166. The minimum Gasteiger partial charge on any atom is -0.264 e. The third kappa shape index (κ3) is 5.04. The van der Waals surface area contributed by atoms with Gasteiger partial charge in [0, 0.05) is 24.8 Å². The summed E-state index contributed by atoms with van der Waals surface area (Å²) in [5.41, 5.74) is 14.3. The maximum atomic E-state index is 4.35. The van der Waals surface area contributed by atoms with Gasteiger partial charge in [-0.3, -0.25) is 9.97 Å². The molecule has 10 aromatic rings. The Labute approximate surface area is 302 Å². The fraction of sp³-hybridized carbons (Fsp3) is 0. The van der Waals surface area contributed by atoms with Crippen LogP contribution in [-0.2, 0) is 0 Å². The fourth-order valence-electron chi connectivity index (χ4n) is 7.94. The van der Waals surface area contributed by atoms with Crippen LogP contribution >= 0.6 is 0 Å². The summed E-state index contributed by atoms with van der Waals surface area (Å²) in [5, 5.41) is 7.63. The molecule has 0 aliphatic heterocycles. The smallest absolute Gasteiger partial charge is 0.0346 e. The van der Waals surface area contributed by atoms with E-state index in [1.54, 1.807) is 0 Å². The molecule has 52 heavy (non-hydrogen) atoms. The molecule has 2 aromatic heterocycles. The molecule has 0 amide bonds. The first-order valence-corrected chi connectivity index (χ1v) is 17.7. The predicted molar refractivity (Wildman–Crippen MR) is 218 cm³/mol. The highest BCUT2D eigenvalue weighted by Gasteiger charge is 2.21. The number of rotatable bonds is 6. The molecule has 0 spiro atoms. The summed E-state index contributed by atoms with van der Waals surface area (Å²) >= 11 is 0. The largest absolute Gasteiger partial charge is 0.264 e. The van der Waals surface area contributed by atoms with Crippen molar-refractivity contribution in [2.75, 3.05) is 0 Å². The molecule has 2 heterocycles. The molecule has 242 valence electrons. The van der Waals surface area contributed by atoms with E-state index in [0.717, 1.165) is 22.3 Å². The number of pyridine rings is 2. The number of aromatic nitrogens is 2. The Morgan fingerprint density at radius 2 is 0.558 bits per heavy atom. The molecule has 0 N–H and O–H groups in total. The Morgan fingerprint density at radius 3 is 0.885 bits per heavy atom. The van der Waals surface area contributed by atoms with Crippen LogP contribution in [-0.4, -0.2) is 9.97 Å². The molecule has 10 rings (SSSR count). The fourth-order valence-corrected chi connectivity index (χ4v) is 7.94. The Morgan fingerprint density at radius 1 is 0.250 bits per heavy atom. The van der Waals surface area contributed by atoms with Crippen LogP contribution in [0.3, 0.4) is 0 Å². The zero-order chi connectivity index (χ0) is 34.4. The van der Waals surface area contributed by atoms with Crippen molar-refractivity contribution in [2.24, 2.45) is 0 Å². The number of benzene rings is 8. The topological polar surface area (TPSA) is 25.8 Å². The predicted octanol–water partition coefficient (Wildman–Crippen LogP) is 13.4. The first-order chi connectivity index (χ1) is 25.8. The molecule has 0 aliphatic carbocycles. The summed E-state index contributed by atoms with van der Waals surface area (Å²) in [6, 6.07) is 61.9. The van der Waals surface area contributed by atoms with Gasteiger partial charge >= 0.3 is 0 Å². The van der Waals surface area contributed by atoms with Crippen molar-refractivity contribution in [1.82, 2.24) is 9.97 Å². The molecular formula is C50H32N2. The van der Waals surface area contributed by atoms with Crippen LogP contribution in [0.5, 0.6) is 0 Å². The van der Waals surface area contributed by atoms with Gasteiger partial charge in [-0.1, -0.05) is 146 Å². The summed E-state index contributed by atoms with van der Waals surface area (Å²) in [7, 11) is 0. The van der Waals surface area contributed by atoms with Gasteiger partial charge in [-0.25, -0.2) is 0 Å². The lowest BCUT2D eigenvalue weighted by molar-refractivity contribution is 1.33. The lowest BCUT2D eigenvalue weighted by atomic mass is 9.82. The van der Waals surface area contributed by atoms with Gasteiger partial charge in [0.25, 0.3) is 0 Å². The van der Waals surface area contributed by atoms with Crippen LogP contribution in [0.2, 0.25) is 0 Å². The van der Waals surface area contributed by atoms with Gasteiger partial charge in [-0.2, -0.15) is 0 Å². The maximum Gasteiger partial charge on any atom is 0.0346 e. The normalized spacial score (nSPS) is 11.5. The van der Waals surface area contributed by atoms with Crippen LogP contribution < -0.4 is 0 Å². The molecule has 0 bridgehead atoms. The van der Waals surface area contributed by atoms with Gasteiger partial charge in [0.05, 0.1) is 0 Å². The molecule has 0 unspecified atom stereocenters. The van der Waals surface area contributed by atoms with Crippen molar-refractivity contribution < 1.29 is 0 Å². The highest BCUT2D eigenvalue weighted by Crippen LogP contribution is 2.48. The minimum atomic E-state index is 1.11. The monoisotopic (exact) mass is 660 g/mol. The summed E-state index contributed by atoms with van der Waals surface area (Å²) in [6.45, 7) is 0. The number of hydrogen-bond acceptors (Lipinski definition) is 2. The first kappa shape index (κ1) is 30.0. The van der Waals surface area contributed by atoms with E-state index < -0.39 is 0 Å². The van der Waals surface area contributed by atoms with Gasteiger partial charge in [-0.05, 0) is 123 Å². The zero-order valence-electron chi connectivity index (χ0n) is 28.4. The second-order valence-electron chi connectivity index (χ2n) is 13.4. The summed E-state index contributed by atoms with van der Waals surface area (Å²) in [6.07, 6.45) is 7.49. The van der Waals surface area contributed by atoms with Crippen LogP contribution in [0.25, 0.3) is 99.1 Å². The van der Waals surface area contributed by atoms with E-state index in [1.165, 1.54) is 76.8 Å². The van der Waals surface area contributed by atoms with Crippen molar-refractivity contribution >= 4 is 32.3 Å². The second-order valence-corrected chi connectivity index (χ2v) is 13.4. The summed E-state index contributed by atoms with van der Waals surface area (Å²) in [5.74, 6) is 0. The average Bonchev–Trinajstić information content (AvgIpc) is 3.24. The van der Waals surface area contributed by atoms with E-state index in [0.29, 0.717) is 0 Å². The van der Waals surface area contributed by atoms with E-state index in [4.69, 9.17) is 0 Å². The Hall–Kier alpha value is -6.90. The Balaban J connectivity index is 1.27. The molecule has 0 radical (unpaired) electrons. The maximum absolute atomic E-state index is 4.35. The van der Waals surface area contributed by atoms with Gasteiger partial charge < -0.3 is 0 Å². The van der Waals surface area contributed by atoms with Crippen LogP contribution in [0.15, 0.2) is 195 Å². The van der Waals surface area contributed by atoms with E-state index in [9.17, 15) is 0 Å². The third-order valence-corrected chi connectivity index (χ3v) is 10.4. The molecular weight excluding hydrogens is 629 g/mol. The van der Waals surface area contributed by atoms with Crippen LogP contribution in [0, 0.1) is 0 Å². The van der Waals surface area contributed by atoms with Crippen LogP contribution in [0.1, 0.15) is 0 Å². The molecule has 0 saturated heterocycles. The lowest BCUT2D eigenvalue weighted by Gasteiger charge is -2.21. The molecule has 2 heteroatoms. The first-order valence-electron chi connectivity index (χ1n) is 17.7. The molecule has 0 saturated carbocycles. The van der Waals surface area contributed by atoms with Gasteiger partial charge in [0.15, 0.2) is 0 Å². The van der Waals surface area contributed by atoms with Crippen molar-refractivity contribution in [3.8, 4) is 66.8 Å². The van der Waals surface area contributed by atoms with Crippen molar-refractivity contribution in [3.63, 3.8) is 0 Å². The Bertz CT molecular complexity index is 2630. The van der Waals surface area contributed by atoms with Gasteiger partial charge in [0.2, 0.25) is 0 Å². The standard InChI is InChI=1S/C50H32N2/c1-3-9-35(10-4-1)45-29-47(37-19-15-33(16-20-37)39-13-7-27-51-31-39)43-26-24-42-46(36-11-5-2-6-12-36)30-48(44-25-23-41(45)49(43)50(42)44)38-21-17-34(18-22-38)40-14-8-28-52-32-40/h1-32H. The van der Waals surface area contributed by atoms with Crippen molar-refractivity contribution in [3.05, 3.63) is 195 Å². The zero-order valence-corrected chi connectivity index (χ0v) is 28.4. The van der Waals surface area contributed by atoms with Crippen molar-refractivity contribution in [1.29, 1.82) is 0 Å². The number of nitrogens with zero attached hydrogens (tertiary/aromatic N) is 2. The molecule has 8 aromatic carbocycles. The highest BCUT2D eigenvalue weighted by molar-refractivity contribution is 6.32. The average molecular weight is 661 g/mol. The second kappa shape index (κ2) is 12.5. The molecule has 0 aliphatic rings. The third-order valence-electron chi connectivity index (χ3n) is 10.4. The summed E-state index contributed by atoms with van der Waals surface area (Å²) < 4.78 is 0. The van der Waals surface area contributed by atoms with E-state index in [-0.39, 0.29) is 0 Å². The van der Waals surface area contributed by atoms with Crippen LogP contribution in [0.4, 0.5) is 0 Å². The van der Waals surface area contributed by atoms with E-state index in [1.807, 2.05) is 36.9 Å². The molecule has 0 atom stereocenters. The van der Waals surface area contributed by atoms with Gasteiger partial charge in [-0.15, -0.1) is 0 Å². The van der Waals surface area contributed by atoms with Gasteiger partial charge in [0.1, 0.15) is 0 Å². The Kier molecular flexibility index (Phi) is 7.18. The molecule has 2 nitrogen and oxygen atoms in total. The van der Waals surface area contributed by atoms with E-state index >= 15 is 0 Å². The van der Waals surface area contributed by atoms with Crippen molar-refractivity contribution in [2.45, 2.75) is 0 Å². The van der Waals surface area contributed by atoms with E-state index in [2.05, 4.69) is 168 Å². The minimum absolute atomic E-state index is 1.11. The highest BCUT2D eigenvalue weighted by atomic mass is 14.6. The number of hydrogen-bond donors (Lipinski definition) is 0.